The highest BCUT2D eigenvalue weighted by molar-refractivity contribution is 7.78. The van der Waals surface area contributed by atoms with Gasteiger partial charge in [0.05, 0.1) is 0 Å². The Morgan fingerprint density at radius 1 is 1.38 bits per heavy atom. The van der Waals surface area contributed by atoms with E-state index in [0.29, 0.717) is 0 Å². The van der Waals surface area contributed by atoms with Crippen molar-refractivity contribution < 1.29 is 0 Å². The normalized spacial score (nSPS) is 10.2. The van der Waals surface area contributed by atoms with Crippen LogP contribution in [0, 0.1) is 6.92 Å². The van der Waals surface area contributed by atoms with E-state index >= 15 is 0 Å². The van der Waals surface area contributed by atoms with E-state index in [-0.39, 0.29) is 0 Å². The van der Waals surface area contributed by atoms with Crippen LogP contribution in [0.15, 0.2) is 36.5 Å². The number of nitrogens with zero attached hydrogens (tertiary/aromatic N) is 1. The molecule has 0 aliphatic heterocycles. The molecule has 0 fully saturated rings. The molecule has 0 radical (unpaired) electrons. The molecule has 2 nitrogen and oxygen atoms in total. The minimum Gasteiger partial charge on any atom is -0.370 e. The molecule has 3 heteroatoms. The minimum atomic E-state index is 0.849. The van der Waals surface area contributed by atoms with Crippen molar-refractivity contribution in [3.63, 3.8) is 0 Å². The van der Waals surface area contributed by atoms with E-state index in [0.717, 1.165) is 25.3 Å². The van der Waals surface area contributed by atoms with Gasteiger partial charge in [0.25, 0.3) is 0 Å². The van der Waals surface area contributed by atoms with Crippen LogP contribution in [0.5, 0.6) is 0 Å². The summed E-state index contributed by atoms with van der Waals surface area (Å²) in [5, 5.41) is 0. The van der Waals surface area contributed by atoms with Crippen LogP contribution in [-0.2, 0) is 6.54 Å². The van der Waals surface area contributed by atoms with Crippen molar-refractivity contribution in [3.05, 3.63) is 47.7 Å². The van der Waals surface area contributed by atoms with Crippen LogP contribution in [-0.4, -0.2) is 18.0 Å². The van der Waals surface area contributed by atoms with Crippen LogP contribution in [0.2, 0.25) is 0 Å². The molecule has 0 saturated carbocycles. The number of hydrogen-bond acceptors (Lipinski definition) is 3. The number of benzene rings is 1. The van der Waals surface area contributed by atoms with E-state index in [1.807, 2.05) is 6.92 Å². The molecule has 0 unspecified atom stereocenters. The monoisotopic (exact) mass is 236 g/mol. The van der Waals surface area contributed by atoms with Gasteiger partial charge in [-0.25, -0.2) is 0 Å². The number of rotatable bonds is 6. The predicted molar refractivity (Wildman–Crippen MR) is 73.4 cm³/mol. The zero-order chi connectivity index (χ0) is 12.0. The van der Waals surface area contributed by atoms with Gasteiger partial charge >= 0.3 is 0 Å². The molecule has 0 atom stereocenters. The first-order chi connectivity index (χ1) is 7.63. The Balaban J connectivity index is 2.60. The number of allylic oxidation sites excluding steroid dienone is 1. The largest absolute Gasteiger partial charge is 0.370 e. The summed E-state index contributed by atoms with van der Waals surface area (Å²) in [5.74, 6) is 0. The number of thiol groups is 1. The second-order valence-corrected chi connectivity index (χ2v) is 4.37. The third-order valence-corrected chi connectivity index (χ3v) is 2.75. The van der Waals surface area contributed by atoms with Crippen LogP contribution in [0.25, 0.3) is 0 Å². The van der Waals surface area contributed by atoms with Gasteiger partial charge in [0.15, 0.2) is 0 Å². The fraction of sp³-hybridized carbons (Fsp3) is 0.385. The SMILES string of the molecule is C=C(C)N(CCNS)Cc1ccc(C)cc1. The first-order valence-electron chi connectivity index (χ1n) is 5.46. The standard InChI is InChI=1S/C13H20N2S/c1-11(2)15(9-8-14-16)10-13-6-4-12(3)5-7-13/h4-7,14,16H,1,8-10H2,2-3H3. The fourth-order valence-corrected chi connectivity index (χ4v) is 1.60. The lowest BCUT2D eigenvalue weighted by atomic mass is 10.1. The van der Waals surface area contributed by atoms with Gasteiger partial charge in [0.1, 0.15) is 0 Å². The summed E-state index contributed by atoms with van der Waals surface area (Å²) < 4.78 is 2.86. The van der Waals surface area contributed by atoms with Gasteiger partial charge in [-0.15, -0.1) is 0 Å². The summed E-state index contributed by atoms with van der Waals surface area (Å²) in [5.41, 5.74) is 3.69. The molecule has 88 valence electrons. The number of hydrogen-bond donors (Lipinski definition) is 2. The third kappa shape index (κ3) is 4.29. The summed E-state index contributed by atoms with van der Waals surface area (Å²) in [6, 6.07) is 8.62. The molecule has 0 heterocycles. The lowest BCUT2D eigenvalue weighted by Gasteiger charge is -2.24. The average Bonchev–Trinajstić information content (AvgIpc) is 2.26. The Morgan fingerprint density at radius 3 is 2.50 bits per heavy atom. The molecule has 0 aromatic heterocycles. The van der Waals surface area contributed by atoms with E-state index in [9.17, 15) is 0 Å². The van der Waals surface area contributed by atoms with Crippen molar-refractivity contribution in [1.82, 2.24) is 9.62 Å². The van der Waals surface area contributed by atoms with Crippen LogP contribution in [0.3, 0.4) is 0 Å². The molecule has 16 heavy (non-hydrogen) atoms. The summed E-state index contributed by atoms with van der Waals surface area (Å²) in [6.07, 6.45) is 0. The van der Waals surface area contributed by atoms with E-state index in [1.54, 1.807) is 0 Å². The van der Waals surface area contributed by atoms with E-state index in [4.69, 9.17) is 0 Å². The molecule has 0 aliphatic rings. The van der Waals surface area contributed by atoms with Crippen LogP contribution in [0.4, 0.5) is 0 Å². The molecular formula is C13H20N2S. The van der Waals surface area contributed by atoms with Gasteiger partial charge < -0.3 is 4.90 Å². The lowest BCUT2D eigenvalue weighted by molar-refractivity contribution is 0.345. The molecule has 0 aliphatic carbocycles. The highest BCUT2D eigenvalue weighted by Crippen LogP contribution is 2.10. The Kier molecular flexibility index (Phi) is 5.43. The molecule has 0 spiro atoms. The third-order valence-electron chi connectivity index (χ3n) is 2.53. The second kappa shape index (κ2) is 6.61. The average molecular weight is 236 g/mol. The van der Waals surface area contributed by atoms with Crippen LogP contribution in [0.1, 0.15) is 18.1 Å². The Labute approximate surface area is 104 Å². The van der Waals surface area contributed by atoms with E-state index in [2.05, 4.69) is 60.2 Å². The maximum Gasteiger partial charge on any atom is 0.0426 e. The Bertz CT molecular complexity index is 332. The van der Waals surface area contributed by atoms with Crippen molar-refractivity contribution in [3.8, 4) is 0 Å². The Hall–Kier alpha value is -0.930. The molecule has 0 amide bonds. The zero-order valence-corrected chi connectivity index (χ0v) is 10.9. The maximum absolute atomic E-state index is 4.00. The minimum absolute atomic E-state index is 0.849. The second-order valence-electron chi connectivity index (χ2n) is 4.05. The van der Waals surface area contributed by atoms with E-state index in [1.165, 1.54) is 11.1 Å². The zero-order valence-electron chi connectivity index (χ0n) is 10.0. The van der Waals surface area contributed by atoms with Gasteiger partial charge in [-0.2, -0.15) is 0 Å². The first kappa shape index (κ1) is 13.1. The molecule has 0 saturated heterocycles. The van der Waals surface area contributed by atoms with Gasteiger partial charge in [-0.05, 0) is 19.4 Å². The number of nitrogens with one attached hydrogen (secondary N) is 1. The summed E-state index contributed by atoms with van der Waals surface area (Å²) >= 11 is 4.00. The summed E-state index contributed by atoms with van der Waals surface area (Å²) in [7, 11) is 0. The summed E-state index contributed by atoms with van der Waals surface area (Å²) in [6.45, 7) is 10.8. The molecule has 1 aromatic rings. The van der Waals surface area contributed by atoms with Crippen molar-refractivity contribution in [2.45, 2.75) is 20.4 Å². The van der Waals surface area contributed by atoms with Crippen molar-refractivity contribution in [2.24, 2.45) is 0 Å². The highest BCUT2D eigenvalue weighted by atomic mass is 32.1. The highest BCUT2D eigenvalue weighted by Gasteiger charge is 2.04. The fourth-order valence-electron chi connectivity index (χ4n) is 1.50. The topological polar surface area (TPSA) is 15.3 Å². The number of aryl methyl sites for hydroxylation is 1. The molecule has 0 bridgehead atoms. The maximum atomic E-state index is 4.00. The molecule has 1 N–H and O–H groups in total. The van der Waals surface area contributed by atoms with Crippen LogP contribution < -0.4 is 4.72 Å². The van der Waals surface area contributed by atoms with E-state index < -0.39 is 0 Å². The molecule has 1 rings (SSSR count). The van der Waals surface area contributed by atoms with Crippen LogP contribution >= 0.6 is 12.8 Å². The van der Waals surface area contributed by atoms with Crippen molar-refractivity contribution in [1.29, 1.82) is 0 Å². The smallest absolute Gasteiger partial charge is 0.0426 e. The molecular weight excluding hydrogens is 216 g/mol. The van der Waals surface area contributed by atoms with Crippen molar-refractivity contribution in [2.75, 3.05) is 13.1 Å². The quantitative estimate of drug-likeness (QED) is 0.738. The van der Waals surface area contributed by atoms with Gasteiger partial charge in [0.2, 0.25) is 0 Å². The van der Waals surface area contributed by atoms with Gasteiger partial charge in [-0.1, -0.05) is 49.2 Å². The first-order valence-corrected chi connectivity index (χ1v) is 5.91. The Morgan fingerprint density at radius 2 is 2.00 bits per heavy atom. The van der Waals surface area contributed by atoms with Crippen molar-refractivity contribution >= 4 is 12.8 Å². The lowest BCUT2D eigenvalue weighted by Crippen LogP contribution is -2.27. The molecule has 1 aromatic carbocycles. The summed E-state index contributed by atoms with van der Waals surface area (Å²) in [4.78, 5) is 2.24. The van der Waals surface area contributed by atoms with Gasteiger partial charge in [0, 0.05) is 25.3 Å². The van der Waals surface area contributed by atoms with Gasteiger partial charge in [-0.3, -0.25) is 4.72 Å². The predicted octanol–water partition coefficient (Wildman–Crippen LogP) is 2.77.